The van der Waals surface area contributed by atoms with E-state index in [4.69, 9.17) is 22.3 Å². The molecule has 3 aromatic heterocycles. The monoisotopic (exact) mass is 472 g/mol. The van der Waals surface area contributed by atoms with E-state index >= 15 is 4.39 Å². The van der Waals surface area contributed by atoms with Crippen molar-refractivity contribution in [2.24, 2.45) is 10.7 Å². The lowest BCUT2D eigenvalue weighted by molar-refractivity contribution is 0.551. The molecule has 0 saturated heterocycles. The van der Waals surface area contributed by atoms with E-state index in [0.717, 1.165) is 15.0 Å². The highest BCUT2D eigenvalue weighted by atomic mass is 35.5. The molecule has 0 spiro atoms. The van der Waals surface area contributed by atoms with Gasteiger partial charge < -0.3 is 5.73 Å². The van der Waals surface area contributed by atoms with Crippen LogP contribution in [0.3, 0.4) is 0 Å². The zero-order valence-electron chi connectivity index (χ0n) is 16.7. The third kappa shape index (κ3) is 3.37. The maximum Gasteiger partial charge on any atom is 0.202 e. The molecule has 4 heterocycles. The number of nitrogens with zero attached hydrogens (tertiary/aromatic N) is 5. The molecule has 31 heavy (non-hydrogen) atoms. The summed E-state index contributed by atoms with van der Waals surface area (Å²) in [4.78, 5) is 10.1. The SMILES string of the molecule is CN1SC[C@@](C)(c2sc3c(-c4ccc(-n5cccn5)cc4F)nccc3c2Cl)N=C1N. The summed E-state index contributed by atoms with van der Waals surface area (Å²) < 4.78 is 19.4. The topological polar surface area (TPSA) is 72.3 Å². The van der Waals surface area contributed by atoms with Crippen LogP contribution < -0.4 is 5.73 Å². The lowest BCUT2D eigenvalue weighted by atomic mass is 10.0. The molecule has 1 atom stereocenters. The molecular formula is C21H18ClFN6S2. The molecule has 0 radical (unpaired) electrons. The zero-order chi connectivity index (χ0) is 21.8. The number of fused-ring (bicyclic) bond motifs is 1. The Balaban J connectivity index is 1.65. The normalized spacial score (nSPS) is 19.1. The highest BCUT2D eigenvalue weighted by Gasteiger charge is 2.36. The van der Waals surface area contributed by atoms with Gasteiger partial charge in [-0.3, -0.25) is 9.29 Å². The van der Waals surface area contributed by atoms with Gasteiger partial charge in [0.15, 0.2) is 0 Å². The summed E-state index contributed by atoms with van der Waals surface area (Å²) in [5.74, 6) is 0.778. The Kier molecular flexibility index (Phi) is 4.91. The predicted octanol–water partition coefficient (Wildman–Crippen LogP) is 5.07. The average Bonchev–Trinajstić information content (AvgIpc) is 3.40. The number of guanidine groups is 1. The Morgan fingerprint density at radius 3 is 2.81 bits per heavy atom. The maximum atomic E-state index is 15.1. The van der Waals surface area contributed by atoms with E-state index in [1.165, 1.54) is 17.4 Å². The molecule has 0 saturated carbocycles. The molecule has 10 heteroatoms. The smallest absolute Gasteiger partial charge is 0.202 e. The van der Waals surface area contributed by atoms with E-state index in [1.54, 1.807) is 47.4 Å². The molecule has 5 rings (SSSR count). The highest BCUT2D eigenvalue weighted by Crippen LogP contribution is 2.48. The molecule has 4 aromatic rings. The maximum absolute atomic E-state index is 15.1. The summed E-state index contributed by atoms with van der Waals surface area (Å²) in [6.07, 6.45) is 5.08. The van der Waals surface area contributed by atoms with Gasteiger partial charge in [-0.2, -0.15) is 5.10 Å². The summed E-state index contributed by atoms with van der Waals surface area (Å²) in [7, 11) is 1.88. The van der Waals surface area contributed by atoms with Gasteiger partial charge in [-0.05, 0) is 43.1 Å². The van der Waals surface area contributed by atoms with Crippen molar-refractivity contribution in [1.29, 1.82) is 0 Å². The first-order chi connectivity index (χ1) is 14.9. The number of halogens is 2. The summed E-state index contributed by atoms with van der Waals surface area (Å²) in [5.41, 5.74) is 7.12. The van der Waals surface area contributed by atoms with Crippen LogP contribution in [-0.2, 0) is 5.54 Å². The molecule has 6 nitrogen and oxygen atoms in total. The number of benzene rings is 1. The van der Waals surface area contributed by atoms with Crippen LogP contribution >= 0.6 is 34.9 Å². The fourth-order valence-electron chi connectivity index (χ4n) is 3.55. The average molecular weight is 473 g/mol. The van der Waals surface area contributed by atoms with E-state index < -0.39 is 5.54 Å². The first-order valence-electron chi connectivity index (χ1n) is 9.47. The van der Waals surface area contributed by atoms with Crippen LogP contribution in [0.5, 0.6) is 0 Å². The number of aromatic nitrogens is 3. The minimum atomic E-state index is -0.568. The second-order valence-corrected chi connectivity index (χ2v) is 9.90. The van der Waals surface area contributed by atoms with Crippen molar-refractivity contribution in [2.75, 3.05) is 12.8 Å². The quantitative estimate of drug-likeness (QED) is 0.422. The van der Waals surface area contributed by atoms with Crippen molar-refractivity contribution in [3.8, 4) is 16.9 Å². The van der Waals surface area contributed by atoms with Gasteiger partial charge in [0.2, 0.25) is 5.96 Å². The first-order valence-corrected chi connectivity index (χ1v) is 11.6. The van der Waals surface area contributed by atoms with E-state index in [0.29, 0.717) is 33.7 Å². The minimum Gasteiger partial charge on any atom is -0.369 e. The molecule has 0 aliphatic carbocycles. The second kappa shape index (κ2) is 7.51. The van der Waals surface area contributed by atoms with Crippen LogP contribution in [0.25, 0.3) is 27.0 Å². The van der Waals surface area contributed by atoms with Crippen molar-refractivity contribution in [3.05, 3.63) is 64.6 Å². The number of thiophene rings is 1. The lowest BCUT2D eigenvalue weighted by Crippen LogP contribution is -2.39. The Morgan fingerprint density at radius 1 is 1.26 bits per heavy atom. The Bertz CT molecular complexity index is 1320. The van der Waals surface area contributed by atoms with Crippen LogP contribution in [0.15, 0.2) is 53.9 Å². The molecule has 0 amide bonds. The van der Waals surface area contributed by atoms with Crippen LogP contribution in [0.4, 0.5) is 4.39 Å². The Hall–Kier alpha value is -2.62. The molecule has 158 valence electrons. The largest absolute Gasteiger partial charge is 0.369 e. The number of aliphatic imine (C=N–C) groups is 1. The van der Waals surface area contributed by atoms with Crippen molar-refractivity contribution < 1.29 is 4.39 Å². The number of hydrogen-bond donors (Lipinski definition) is 1. The van der Waals surface area contributed by atoms with Gasteiger partial charge >= 0.3 is 0 Å². The molecule has 0 fully saturated rings. The zero-order valence-corrected chi connectivity index (χ0v) is 19.1. The third-order valence-electron chi connectivity index (χ3n) is 5.23. The Morgan fingerprint density at radius 2 is 2.10 bits per heavy atom. The molecule has 1 aromatic carbocycles. The van der Waals surface area contributed by atoms with Gasteiger partial charge in [0.25, 0.3) is 0 Å². The Labute approximate surface area is 191 Å². The van der Waals surface area contributed by atoms with Crippen molar-refractivity contribution in [2.45, 2.75) is 12.5 Å². The summed E-state index contributed by atoms with van der Waals surface area (Å²) in [6, 6.07) is 8.65. The number of hydrogen-bond acceptors (Lipinski definition) is 7. The van der Waals surface area contributed by atoms with Gasteiger partial charge in [-0.25, -0.2) is 14.1 Å². The van der Waals surface area contributed by atoms with Gasteiger partial charge in [-0.15, -0.1) is 11.3 Å². The van der Waals surface area contributed by atoms with Crippen molar-refractivity contribution in [1.82, 2.24) is 19.1 Å². The summed E-state index contributed by atoms with van der Waals surface area (Å²) in [6.45, 7) is 2.02. The molecule has 1 aliphatic heterocycles. The van der Waals surface area contributed by atoms with Crippen LogP contribution in [0.1, 0.15) is 11.8 Å². The molecular weight excluding hydrogens is 455 g/mol. The highest BCUT2D eigenvalue weighted by molar-refractivity contribution is 7.97. The minimum absolute atomic E-state index is 0.373. The summed E-state index contributed by atoms with van der Waals surface area (Å²) in [5, 5.41) is 5.60. The van der Waals surface area contributed by atoms with Gasteiger partial charge in [-0.1, -0.05) is 11.6 Å². The van der Waals surface area contributed by atoms with Crippen LogP contribution in [0.2, 0.25) is 5.02 Å². The summed E-state index contributed by atoms with van der Waals surface area (Å²) >= 11 is 9.88. The van der Waals surface area contributed by atoms with E-state index in [2.05, 4.69) is 10.1 Å². The van der Waals surface area contributed by atoms with Crippen LogP contribution in [-0.4, -0.2) is 37.8 Å². The molecule has 0 unspecified atom stereocenters. The number of nitrogens with two attached hydrogens (primary N) is 1. The fourth-order valence-corrected chi connectivity index (χ4v) is 6.28. The van der Waals surface area contributed by atoms with E-state index in [9.17, 15) is 0 Å². The second-order valence-electron chi connectivity index (χ2n) is 7.41. The fraction of sp³-hybridized carbons (Fsp3) is 0.190. The molecule has 0 bridgehead atoms. The standard InChI is InChI=1S/C21H18ClFN6S2/c1-21(11-30-28(2)20(24)27-21)19-16(22)14-6-8-25-17(18(14)31-19)13-5-4-12(10-15(13)23)29-9-3-7-26-29/h3-10H,11H2,1-2H3,(H2,24,27)/t21-/m0/s1. The van der Waals surface area contributed by atoms with Crippen molar-refractivity contribution >= 4 is 50.9 Å². The first kappa shape index (κ1) is 20.3. The van der Waals surface area contributed by atoms with Gasteiger partial charge in [0.05, 0.1) is 26.0 Å². The lowest BCUT2D eigenvalue weighted by Gasteiger charge is -2.33. The van der Waals surface area contributed by atoms with E-state index in [1.807, 2.05) is 30.4 Å². The van der Waals surface area contributed by atoms with Crippen molar-refractivity contribution in [3.63, 3.8) is 0 Å². The predicted molar refractivity (Wildman–Crippen MR) is 126 cm³/mol. The van der Waals surface area contributed by atoms with Crippen LogP contribution in [0, 0.1) is 5.82 Å². The third-order valence-corrected chi connectivity index (χ3v) is 8.47. The van der Waals surface area contributed by atoms with E-state index in [-0.39, 0.29) is 5.82 Å². The van der Waals surface area contributed by atoms with Gasteiger partial charge in [0.1, 0.15) is 11.4 Å². The number of pyridine rings is 1. The number of rotatable bonds is 3. The molecule has 1 aliphatic rings. The molecule has 2 N–H and O–H groups in total. The van der Waals surface area contributed by atoms with Gasteiger partial charge in [0, 0.05) is 48.4 Å².